The maximum Gasteiger partial charge on any atom is 0.417 e. The van der Waals surface area contributed by atoms with Gasteiger partial charge in [0.2, 0.25) is 0 Å². The number of nitrogens with zero attached hydrogens (tertiary/aromatic N) is 1. The Bertz CT molecular complexity index is 844. The smallest absolute Gasteiger partial charge is 0.417 e. The van der Waals surface area contributed by atoms with E-state index in [9.17, 15) is 18.8 Å². The fourth-order valence-electron chi connectivity index (χ4n) is 2.57. The molecule has 2 aromatic carbocycles. The Morgan fingerprint density at radius 3 is 2.58 bits per heavy atom. The lowest BCUT2D eigenvalue weighted by Crippen LogP contribution is -2.40. The van der Waals surface area contributed by atoms with E-state index in [-0.39, 0.29) is 23.7 Å². The highest BCUT2D eigenvalue weighted by Crippen LogP contribution is 2.21. The van der Waals surface area contributed by atoms with E-state index in [0.717, 1.165) is 17.0 Å². The number of benzene rings is 2. The number of hydrogen-bond donors (Lipinski definition) is 1. The largest absolute Gasteiger partial charge is 0.439 e. The van der Waals surface area contributed by atoms with Crippen molar-refractivity contribution in [3.63, 3.8) is 0 Å². The molecule has 0 aliphatic carbocycles. The maximum absolute atomic E-state index is 13.2. The summed E-state index contributed by atoms with van der Waals surface area (Å²) in [7, 11) is 0. The van der Waals surface area contributed by atoms with Crippen LogP contribution in [0.2, 0.25) is 5.02 Å². The Labute approximate surface area is 153 Å². The molecule has 1 aliphatic rings. The second kappa shape index (κ2) is 7.53. The quantitative estimate of drug-likeness (QED) is 0.870. The van der Waals surface area contributed by atoms with Gasteiger partial charge in [-0.1, -0.05) is 41.9 Å². The van der Waals surface area contributed by atoms with Gasteiger partial charge in [0.25, 0.3) is 11.8 Å². The highest BCUT2D eigenvalue weighted by Gasteiger charge is 2.34. The highest BCUT2D eigenvalue weighted by molar-refractivity contribution is 6.33. The minimum atomic E-state index is -0.759. The molecule has 0 bridgehead atoms. The zero-order chi connectivity index (χ0) is 18.7. The van der Waals surface area contributed by atoms with Crippen LogP contribution < -0.4 is 5.32 Å². The number of carbonyl (C=O) groups excluding carboxylic acids is 3. The zero-order valence-corrected chi connectivity index (χ0v) is 14.2. The van der Waals surface area contributed by atoms with Crippen LogP contribution in [0.4, 0.5) is 9.18 Å². The standard InChI is InChI=1S/C18H14ClFN2O4/c19-14-8-12(20)6-7-13(14)17(24)21-15(11-4-2-1-3-5-11)9-22-16(23)10-26-18(22)25/h1-8,15H,9-10H2,(H,21,24)/t15-/m0/s1. The Morgan fingerprint density at radius 1 is 1.23 bits per heavy atom. The van der Waals surface area contributed by atoms with Gasteiger partial charge in [-0.3, -0.25) is 9.59 Å². The SMILES string of the molecule is O=C(N[C@@H](CN1C(=O)COC1=O)c1ccccc1)c1ccc(F)cc1Cl. The number of rotatable bonds is 5. The van der Waals surface area contributed by atoms with E-state index in [2.05, 4.69) is 5.32 Å². The number of imide groups is 1. The molecular formula is C18H14ClFN2O4. The third-order valence-electron chi connectivity index (χ3n) is 3.89. The number of hydrogen-bond acceptors (Lipinski definition) is 4. The van der Waals surface area contributed by atoms with E-state index in [1.54, 1.807) is 30.3 Å². The summed E-state index contributed by atoms with van der Waals surface area (Å²) in [6.07, 6.45) is -0.759. The molecule has 1 atom stereocenters. The van der Waals surface area contributed by atoms with Gasteiger partial charge in [0.05, 0.1) is 23.2 Å². The number of amides is 3. The van der Waals surface area contributed by atoms with Gasteiger partial charge in [0.1, 0.15) is 5.82 Å². The van der Waals surface area contributed by atoms with Crippen molar-refractivity contribution in [3.8, 4) is 0 Å². The number of cyclic esters (lactones) is 1. The van der Waals surface area contributed by atoms with Crippen LogP contribution >= 0.6 is 11.6 Å². The van der Waals surface area contributed by atoms with Crippen molar-refractivity contribution in [3.05, 3.63) is 70.5 Å². The monoisotopic (exact) mass is 376 g/mol. The van der Waals surface area contributed by atoms with Crippen molar-refractivity contribution in [2.75, 3.05) is 13.2 Å². The van der Waals surface area contributed by atoms with Gasteiger partial charge in [-0.25, -0.2) is 14.1 Å². The summed E-state index contributed by atoms with van der Waals surface area (Å²) in [5.41, 5.74) is 0.774. The lowest BCUT2D eigenvalue weighted by atomic mass is 10.1. The van der Waals surface area contributed by atoms with E-state index < -0.39 is 29.8 Å². The van der Waals surface area contributed by atoms with Crippen LogP contribution in [0.3, 0.4) is 0 Å². The molecule has 3 amide bonds. The Kier molecular flexibility index (Phi) is 5.18. The molecule has 0 spiro atoms. The second-order valence-electron chi connectivity index (χ2n) is 5.62. The first-order chi connectivity index (χ1) is 12.5. The van der Waals surface area contributed by atoms with E-state index in [4.69, 9.17) is 16.3 Å². The average molecular weight is 377 g/mol. The summed E-state index contributed by atoms with van der Waals surface area (Å²) in [5.74, 6) is -1.59. The highest BCUT2D eigenvalue weighted by atomic mass is 35.5. The van der Waals surface area contributed by atoms with Crippen molar-refractivity contribution < 1.29 is 23.5 Å². The molecule has 0 saturated carbocycles. The zero-order valence-electron chi connectivity index (χ0n) is 13.4. The van der Waals surface area contributed by atoms with Gasteiger partial charge < -0.3 is 10.1 Å². The van der Waals surface area contributed by atoms with Crippen molar-refractivity contribution in [2.45, 2.75) is 6.04 Å². The van der Waals surface area contributed by atoms with Gasteiger partial charge in [0.15, 0.2) is 6.61 Å². The summed E-state index contributed by atoms with van der Waals surface area (Å²) in [6, 6.07) is 11.6. The molecule has 26 heavy (non-hydrogen) atoms. The second-order valence-corrected chi connectivity index (χ2v) is 6.03. The lowest BCUT2D eigenvalue weighted by Gasteiger charge is -2.23. The summed E-state index contributed by atoms with van der Waals surface area (Å²) in [5, 5.41) is 2.69. The summed E-state index contributed by atoms with van der Waals surface area (Å²) < 4.78 is 17.9. The topological polar surface area (TPSA) is 75.7 Å². The fourth-order valence-corrected chi connectivity index (χ4v) is 2.82. The Hall–Kier alpha value is -2.93. The van der Waals surface area contributed by atoms with Crippen molar-refractivity contribution in [2.24, 2.45) is 0 Å². The van der Waals surface area contributed by atoms with Gasteiger partial charge in [-0.05, 0) is 23.8 Å². The Balaban J connectivity index is 1.85. The lowest BCUT2D eigenvalue weighted by molar-refractivity contribution is -0.126. The first-order valence-electron chi connectivity index (χ1n) is 7.73. The van der Waals surface area contributed by atoms with Crippen LogP contribution in [-0.4, -0.2) is 36.0 Å². The Morgan fingerprint density at radius 2 is 1.96 bits per heavy atom. The first kappa shape index (κ1) is 17.9. The molecule has 0 radical (unpaired) electrons. The molecule has 1 heterocycles. The third-order valence-corrected chi connectivity index (χ3v) is 4.20. The number of halogens is 2. The van der Waals surface area contributed by atoms with Gasteiger partial charge in [-0.2, -0.15) is 0 Å². The van der Waals surface area contributed by atoms with Gasteiger partial charge in [-0.15, -0.1) is 0 Å². The summed E-state index contributed by atoms with van der Waals surface area (Å²) in [4.78, 5) is 37.0. The van der Waals surface area contributed by atoms with Crippen molar-refractivity contribution in [1.82, 2.24) is 10.2 Å². The summed E-state index contributed by atoms with van der Waals surface area (Å²) >= 11 is 5.93. The number of nitrogens with one attached hydrogen (secondary N) is 1. The van der Waals surface area contributed by atoms with Crippen molar-refractivity contribution >= 4 is 29.5 Å². The van der Waals surface area contributed by atoms with E-state index in [1.165, 1.54) is 6.07 Å². The number of ether oxygens (including phenoxy) is 1. The maximum atomic E-state index is 13.2. The predicted molar refractivity (Wildman–Crippen MR) is 91.1 cm³/mol. The van der Waals surface area contributed by atoms with Crippen LogP contribution in [0.25, 0.3) is 0 Å². The van der Waals surface area contributed by atoms with Crippen LogP contribution in [0.15, 0.2) is 48.5 Å². The van der Waals surface area contributed by atoms with Crippen LogP contribution in [-0.2, 0) is 9.53 Å². The predicted octanol–water partition coefficient (Wildman–Crippen LogP) is 2.93. The fraction of sp³-hybridized carbons (Fsp3) is 0.167. The van der Waals surface area contributed by atoms with Crippen LogP contribution in [0.1, 0.15) is 22.0 Å². The first-order valence-corrected chi connectivity index (χ1v) is 8.11. The normalized spacial score (nSPS) is 14.9. The minimum Gasteiger partial charge on any atom is -0.439 e. The molecule has 0 unspecified atom stereocenters. The summed E-state index contributed by atoms with van der Waals surface area (Å²) in [6.45, 7) is -0.412. The molecule has 0 aromatic heterocycles. The molecule has 134 valence electrons. The molecule has 3 rings (SSSR count). The van der Waals surface area contributed by atoms with Crippen molar-refractivity contribution in [1.29, 1.82) is 0 Å². The minimum absolute atomic E-state index is 0.0361. The van der Waals surface area contributed by atoms with Crippen LogP contribution in [0, 0.1) is 5.82 Å². The van der Waals surface area contributed by atoms with E-state index in [1.807, 2.05) is 0 Å². The molecule has 6 nitrogen and oxygen atoms in total. The van der Waals surface area contributed by atoms with E-state index >= 15 is 0 Å². The van der Waals surface area contributed by atoms with Gasteiger partial charge in [0, 0.05) is 0 Å². The van der Waals surface area contributed by atoms with E-state index in [0.29, 0.717) is 5.56 Å². The molecule has 1 N–H and O–H groups in total. The van der Waals surface area contributed by atoms with Crippen LogP contribution in [0.5, 0.6) is 0 Å². The molecule has 1 fully saturated rings. The molecule has 2 aromatic rings. The molecule has 8 heteroatoms. The third kappa shape index (κ3) is 3.83. The average Bonchev–Trinajstić information content (AvgIpc) is 2.93. The molecule has 1 aliphatic heterocycles. The molecule has 1 saturated heterocycles. The molecular weight excluding hydrogens is 363 g/mol. The van der Waals surface area contributed by atoms with Gasteiger partial charge >= 0.3 is 6.09 Å². The number of carbonyl (C=O) groups is 3.